The minimum atomic E-state index is 0.327. The second-order valence-corrected chi connectivity index (χ2v) is 5.89. The van der Waals surface area contributed by atoms with Gasteiger partial charge in [-0.15, -0.1) is 22.9 Å². The van der Waals surface area contributed by atoms with Gasteiger partial charge >= 0.3 is 0 Å². The Bertz CT molecular complexity index is 511. The first kappa shape index (κ1) is 13.7. The highest BCUT2D eigenvalue weighted by Gasteiger charge is 2.15. The summed E-state index contributed by atoms with van der Waals surface area (Å²) in [6.07, 6.45) is 0. The van der Waals surface area contributed by atoms with Crippen LogP contribution < -0.4 is 4.90 Å². The molecule has 1 atom stereocenters. The molecule has 1 aromatic carbocycles. The van der Waals surface area contributed by atoms with Crippen LogP contribution in [-0.4, -0.2) is 7.05 Å². The van der Waals surface area contributed by atoms with Gasteiger partial charge < -0.3 is 4.90 Å². The van der Waals surface area contributed by atoms with E-state index in [-0.39, 0.29) is 0 Å². The molecule has 0 bridgehead atoms. The zero-order valence-corrected chi connectivity index (χ0v) is 12.7. The van der Waals surface area contributed by atoms with E-state index in [4.69, 9.17) is 23.2 Å². The van der Waals surface area contributed by atoms with Crippen LogP contribution in [0.1, 0.15) is 23.4 Å². The van der Waals surface area contributed by atoms with Gasteiger partial charge in [0, 0.05) is 28.5 Å². The Balaban J connectivity index is 2.31. The van der Waals surface area contributed by atoms with Gasteiger partial charge in [-0.05, 0) is 42.1 Å². The number of hydrogen-bond acceptors (Lipinski definition) is 2. The maximum atomic E-state index is 6.00. The first-order valence-electron chi connectivity index (χ1n) is 5.74. The van der Waals surface area contributed by atoms with E-state index >= 15 is 0 Å². The topological polar surface area (TPSA) is 3.24 Å². The van der Waals surface area contributed by atoms with Crippen molar-refractivity contribution in [2.45, 2.75) is 18.8 Å². The summed E-state index contributed by atoms with van der Waals surface area (Å²) in [6.45, 7) is 2.19. The van der Waals surface area contributed by atoms with Crippen molar-refractivity contribution in [3.05, 3.63) is 51.2 Å². The molecule has 0 saturated heterocycles. The summed E-state index contributed by atoms with van der Waals surface area (Å²) in [5.74, 6) is 0.470. The number of halogens is 2. The summed E-state index contributed by atoms with van der Waals surface area (Å²) in [4.78, 5) is 3.58. The lowest BCUT2D eigenvalue weighted by molar-refractivity contribution is 0.751. The van der Waals surface area contributed by atoms with Crippen molar-refractivity contribution in [1.82, 2.24) is 0 Å². The number of hydrogen-bond donors (Lipinski definition) is 0. The molecule has 1 nitrogen and oxygen atoms in total. The van der Waals surface area contributed by atoms with Crippen LogP contribution in [0.4, 0.5) is 5.69 Å². The van der Waals surface area contributed by atoms with Crippen LogP contribution in [-0.2, 0) is 5.88 Å². The van der Waals surface area contributed by atoms with E-state index in [1.165, 1.54) is 4.88 Å². The molecular weight excluding hydrogens is 285 g/mol. The molecule has 96 valence electrons. The molecule has 0 radical (unpaired) electrons. The fourth-order valence-corrected chi connectivity index (χ4v) is 3.17. The number of anilines is 1. The highest BCUT2D eigenvalue weighted by molar-refractivity contribution is 7.10. The maximum absolute atomic E-state index is 6.00. The van der Waals surface area contributed by atoms with E-state index in [9.17, 15) is 0 Å². The minimum absolute atomic E-state index is 0.327. The lowest BCUT2D eigenvalue weighted by Gasteiger charge is -2.28. The van der Waals surface area contributed by atoms with Crippen LogP contribution in [0, 0.1) is 0 Å². The first-order chi connectivity index (χ1) is 8.63. The van der Waals surface area contributed by atoms with Gasteiger partial charge in [0.2, 0.25) is 0 Å². The van der Waals surface area contributed by atoms with Crippen molar-refractivity contribution in [1.29, 1.82) is 0 Å². The Morgan fingerprint density at radius 3 is 2.72 bits per heavy atom. The van der Waals surface area contributed by atoms with Gasteiger partial charge in [0.15, 0.2) is 0 Å². The Morgan fingerprint density at radius 2 is 2.11 bits per heavy atom. The molecule has 0 N–H and O–H groups in total. The van der Waals surface area contributed by atoms with Gasteiger partial charge in [0.1, 0.15) is 0 Å². The third-order valence-corrected chi connectivity index (χ3v) is 4.67. The molecule has 1 unspecified atom stereocenters. The largest absolute Gasteiger partial charge is 0.367 e. The normalized spacial score (nSPS) is 12.4. The maximum Gasteiger partial charge on any atom is 0.0603 e. The summed E-state index contributed by atoms with van der Waals surface area (Å²) in [7, 11) is 2.09. The Hall–Kier alpha value is -0.700. The predicted molar refractivity (Wildman–Crippen MR) is 82.1 cm³/mol. The highest BCUT2D eigenvalue weighted by atomic mass is 35.5. The Morgan fingerprint density at radius 1 is 1.33 bits per heavy atom. The van der Waals surface area contributed by atoms with E-state index < -0.39 is 0 Å². The summed E-state index contributed by atoms with van der Waals surface area (Å²) in [5, 5.41) is 2.83. The second-order valence-electron chi connectivity index (χ2n) is 4.21. The van der Waals surface area contributed by atoms with Gasteiger partial charge in [-0.25, -0.2) is 0 Å². The number of rotatable bonds is 4. The smallest absolute Gasteiger partial charge is 0.0603 e. The zero-order chi connectivity index (χ0) is 13.1. The lowest BCUT2D eigenvalue weighted by atomic mass is 10.1. The highest BCUT2D eigenvalue weighted by Crippen LogP contribution is 2.32. The van der Waals surface area contributed by atoms with Crippen LogP contribution in [0.25, 0.3) is 0 Å². The summed E-state index contributed by atoms with van der Waals surface area (Å²) in [5.41, 5.74) is 2.20. The van der Waals surface area contributed by atoms with Crippen molar-refractivity contribution in [2.75, 3.05) is 11.9 Å². The predicted octanol–water partition coefficient (Wildman–Crippen LogP) is 5.34. The molecule has 0 aliphatic carbocycles. The SMILES string of the molecule is CC(c1cccs1)N(C)c1ccc(Cl)cc1CCl. The van der Waals surface area contributed by atoms with Crippen LogP contribution in [0.3, 0.4) is 0 Å². The number of benzene rings is 1. The van der Waals surface area contributed by atoms with Crippen LogP contribution in [0.2, 0.25) is 5.02 Å². The Kier molecular flexibility index (Phi) is 4.55. The standard InChI is InChI=1S/C14H15Cl2NS/c1-10(14-4-3-7-18-14)17(2)13-6-5-12(16)8-11(13)9-15/h3-8,10H,9H2,1-2H3. The second kappa shape index (κ2) is 5.96. The van der Waals surface area contributed by atoms with Crippen molar-refractivity contribution < 1.29 is 0 Å². The molecule has 0 aliphatic rings. The fourth-order valence-electron chi connectivity index (χ4n) is 1.93. The first-order valence-corrected chi connectivity index (χ1v) is 7.53. The molecule has 0 saturated carbocycles. The molecule has 1 heterocycles. The number of thiophene rings is 1. The lowest BCUT2D eigenvalue weighted by Crippen LogP contribution is -2.21. The monoisotopic (exact) mass is 299 g/mol. The van der Waals surface area contributed by atoms with Crippen molar-refractivity contribution in [3.8, 4) is 0 Å². The summed E-state index contributed by atoms with van der Waals surface area (Å²) in [6, 6.07) is 10.4. The molecule has 0 fully saturated rings. The third-order valence-electron chi connectivity index (χ3n) is 3.10. The molecule has 2 rings (SSSR count). The molecule has 0 spiro atoms. The average Bonchev–Trinajstić information content (AvgIpc) is 2.90. The van der Waals surface area contributed by atoms with E-state index in [0.717, 1.165) is 16.3 Å². The molecular formula is C14H15Cl2NS. The molecule has 1 aromatic heterocycles. The van der Waals surface area contributed by atoms with E-state index in [1.54, 1.807) is 11.3 Å². The molecule has 2 aromatic rings. The third kappa shape index (κ3) is 2.82. The number of nitrogens with zero attached hydrogens (tertiary/aromatic N) is 1. The van der Waals surface area contributed by atoms with Crippen molar-refractivity contribution in [2.24, 2.45) is 0 Å². The fraction of sp³-hybridized carbons (Fsp3) is 0.286. The van der Waals surface area contributed by atoms with Gasteiger partial charge in [0.25, 0.3) is 0 Å². The zero-order valence-electron chi connectivity index (χ0n) is 10.4. The molecule has 0 aliphatic heterocycles. The molecule has 18 heavy (non-hydrogen) atoms. The van der Waals surface area contributed by atoms with Crippen molar-refractivity contribution in [3.63, 3.8) is 0 Å². The molecule has 4 heteroatoms. The minimum Gasteiger partial charge on any atom is -0.367 e. The quantitative estimate of drug-likeness (QED) is 0.689. The van der Waals surface area contributed by atoms with Crippen LogP contribution in [0.5, 0.6) is 0 Å². The van der Waals surface area contributed by atoms with Gasteiger partial charge in [-0.2, -0.15) is 0 Å². The van der Waals surface area contributed by atoms with E-state index in [2.05, 4.69) is 36.4 Å². The van der Waals surface area contributed by atoms with Gasteiger partial charge in [-0.3, -0.25) is 0 Å². The summed E-state index contributed by atoms with van der Waals surface area (Å²) >= 11 is 13.8. The van der Waals surface area contributed by atoms with E-state index in [0.29, 0.717) is 11.9 Å². The van der Waals surface area contributed by atoms with Crippen molar-refractivity contribution >= 4 is 40.2 Å². The van der Waals surface area contributed by atoms with Gasteiger partial charge in [0.05, 0.1) is 6.04 Å². The molecule has 0 amide bonds. The average molecular weight is 300 g/mol. The van der Waals surface area contributed by atoms with Crippen LogP contribution in [0.15, 0.2) is 35.7 Å². The van der Waals surface area contributed by atoms with Crippen LogP contribution >= 0.6 is 34.5 Å². The number of alkyl halides is 1. The van der Waals surface area contributed by atoms with Gasteiger partial charge in [-0.1, -0.05) is 17.7 Å². The summed E-state index contributed by atoms with van der Waals surface area (Å²) < 4.78 is 0. The Labute approximate surface area is 122 Å². The van der Waals surface area contributed by atoms with E-state index in [1.807, 2.05) is 18.2 Å².